The minimum atomic E-state index is -0.806. The van der Waals surface area contributed by atoms with Gasteiger partial charge in [-0.25, -0.2) is 4.39 Å². The quantitative estimate of drug-likeness (QED) is 0.857. The molecular formula is C15H15FN6O2. The van der Waals surface area contributed by atoms with Gasteiger partial charge in [0.15, 0.2) is 5.82 Å². The number of hydrazone groups is 1. The number of halogens is 1. The first-order valence-electron chi connectivity index (χ1n) is 7.16. The number of hydrogen-bond donors (Lipinski definition) is 2. The van der Waals surface area contributed by atoms with Crippen molar-refractivity contribution in [2.24, 2.45) is 17.9 Å². The number of aromatic nitrogens is 2. The van der Waals surface area contributed by atoms with Gasteiger partial charge < -0.3 is 11.1 Å². The lowest BCUT2D eigenvalue weighted by Gasteiger charge is -2.20. The molecule has 8 nitrogen and oxygen atoms in total. The molecule has 1 aliphatic heterocycles. The van der Waals surface area contributed by atoms with E-state index in [9.17, 15) is 14.0 Å². The average Bonchev–Trinajstić information content (AvgIpc) is 3.15. The zero-order valence-electron chi connectivity index (χ0n) is 12.8. The molecule has 0 radical (unpaired) electrons. The first kappa shape index (κ1) is 15.7. The molecule has 1 aromatic carbocycles. The van der Waals surface area contributed by atoms with E-state index in [1.165, 1.54) is 29.3 Å². The molecule has 0 fully saturated rings. The summed E-state index contributed by atoms with van der Waals surface area (Å²) in [5, 5.41) is 12.2. The Morgan fingerprint density at radius 3 is 2.58 bits per heavy atom. The Hall–Kier alpha value is -3.23. The number of nitrogens with one attached hydrogen (secondary N) is 1. The third kappa shape index (κ3) is 3.09. The zero-order chi connectivity index (χ0) is 17.3. The summed E-state index contributed by atoms with van der Waals surface area (Å²) in [6.07, 6.45) is 1.74. The Labute approximate surface area is 136 Å². The number of hydrogen-bond acceptors (Lipinski definition) is 5. The molecule has 3 N–H and O–H groups in total. The summed E-state index contributed by atoms with van der Waals surface area (Å²) in [5.41, 5.74) is 6.02. The first-order chi connectivity index (χ1) is 11.4. The average molecular weight is 330 g/mol. The summed E-state index contributed by atoms with van der Waals surface area (Å²) in [7, 11) is 1.72. The van der Waals surface area contributed by atoms with Crippen molar-refractivity contribution in [2.45, 2.75) is 12.5 Å². The Morgan fingerprint density at radius 1 is 1.29 bits per heavy atom. The van der Waals surface area contributed by atoms with Crippen molar-refractivity contribution >= 4 is 29.0 Å². The fourth-order valence-electron chi connectivity index (χ4n) is 2.37. The smallest absolute Gasteiger partial charge is 0.273 e. The van der Waals surface area contributed by atoms with Crippen LogP contribution in [0.15, 0.2) is 41.6 Å². The number of amides is 2. The number of rotatable bonds is 4. The molecule has 124 valence electrons. The van der Waals surface area contributed by atoms with Crippen LogP contribution in [0.3, 0.4) is 0 Å². The molecule has 1 aliphatic rings. The predicted molar refractivity (Wildman–Crippen MR) is 85.8 cm³/mol. The second-order valence-electron chi connectivity index (χ2n) is 5.32. The zero-order valence-corrected chi connectivity index (χ0v) is 12.8. The molecule has 0 spiro atoms. The highest BCUT2D eigenvalue weighted by Crippen LogP contribution is 2.25. The van der Waals surface area contributed by atoms with Gasteiger partial charge in [-0.15, -0.1) is 0 Å². The SMILES string of the molecule is Cn1ccc(NC(=O)C2=NN(c3ccc(F)cc3)C(C(N)=O)C2)n1. The van der Waals surface area contributed by atoms with E-state index >= 15 is 0 Å². The number of aryl methyl sites for hydroxylation is 1. The van der Waals surface area contributed by atoms with Crippen LogP contribution in [0.25, 0.3) is 0 Å². The molecule has 2 amide bonds. The van der Waals surface area contributed by atoms with Gasteiger partial charge in [0.25, 0.3) is 5.91 Å². The summed E-state index contributed by atoms with van der Waals surface area (Å²) in [4.78, 5) is 24.0. The monoisotopic (exact) mass is 330 g/mol. The molecule has 0 aliphatic carbocycles. The van der Waals surface area contributed by atoms with E-state index in [0.29, 0.717) is 11.5 Å². The highest BCUT2D eigenvalue weighted by Gasteiger charge is 2.35. The van der Waals surface area contributed by atoms with Crippen LogP contribution in [-0.4, -0.2) is 33.3 Å². The van der Waals surface area contributed by atoms with Crippen molar-refractivity contribution in [1.82, 2.24) is 9.78 Å². The van der Waals surface area contributed by atoms with Crippen LogP contribution in [0.1, 0.15) is 6.42 Å². The predicted octanol–water partition coefficient (Wildman–Crippen LogP) is 0.618. The van der Waals surface area contributed by atoms with E-state index in [1.807, 2.05) is 0 Å². The second kappa shape index (κ2) is 6.11. The molecule has 2 heterocycles. The number of benzene rings is 1. The number of carbonyl (C=O) groups is 2. The largest absolute Gasteiger partial charge is 0.368 e. The van der Waals surface area contributed by atoms with Crippen LogP contribution < -0.4 is 16.1 Å². The van der Waals surface area contributed by atoms with Gasteiger partial charge in [-0.1, -0.05) is 0 Å². The Balaban J connectivity index is 1.83. The number of carbonyl (C=O) groups excluding carboxylic acids is 2. The third-order valence-electron chi connectivity index (χ3n) is 3.55. The molecule has 1 unspecified atom stereocenters. The van der Waals surface area contributed by atoms with E-state index < -0.39 is 23.7 Å². The highest BCUT2D eigenvalue weighted by atomic mass is 19.1. The van der Waals surface area contributed by atoms with Gasteiger partial charge in [0.1, 0.15) is 17.6 Å². The van der Waals surface area contributed by atoms with Crippen LogP contribution in [0.4, 0.5) is 15.9 Å². The first-order valence-corrected chi connectivity index (χ1v) is 7.16. The van der Waals surface area contributed by atoms with E-state index in [4.69, 9.17) is 5.73 Å². The summed E-state index contributed by atoms with van der Waals surface area (Å²) in [6, 6.07) is 6.25. The highest BCUT2D eigenvalue weighted by molar-refractivity contribution is 6.44. The molecule has 24 heavy (non-hydrogen) atoms. The maximum Gasteiger partial charge on any atom is 0.273 e. The minimum Gasteiger partial charge on any atom is -0.368 e. The molecule has 3 rings (SSSR count). The van der Waals surface area contributed by atoms with Gasteiger partial charge in [0.2, 0.25) is 5.91 Å². The normalized spacial score (nSPS) is 16.8. The molecule has 1 atom stereocenters. The summed E-state index contributed by atoms with van der Waals surface area (Å²) in [6.45, 7) is 0. The molecule has 0 bridgehead atoms. The Morgan fingerprint density at radius 2 is 2.00 bits per heavy atom. The molecule has 0 saturated heterocycles. The van der Waals surface area contributed by atoms with Gasteiger partial charge in [-0.3, -0.25) is 19.3 Å². The van der Waals surface area contributed by atoms with Crippen molar-refractivity contribution in [2.75, 3.05) is 10.3 Å². The summed E-state index contributed by atoms with van der Waals surface area (Å²) < 4.78 is 14.6. The number of anilines is 2. The molecule has 0 saturated carbocycles. The number of nitrogens with zero attached hydrogens (tertiary/aromatic N) is 4. The van der Waals surface area contributed by atoms with Crippen LogP contribution in [-0.2, 0) is 16.6 Å². The van der Waals surface area contributed by atoms with Crippen molar-refractivity contribution in [1.29, 1.82) is 0 Å². The van der Waals surface area contributed by atoms with Gasteiger partial charge >= 0.3 is 0 Å². The lowest BCUT2D eigenvalue weighted by molar-refractivity contribution is -0.119. The molecule has 9 heteroatoms. The minimum absolute atomic E-state index is 0.0609. The molecular weight excluding hydrogens is 315 g/mol. The third-order valence-corrected chi connectivity index (χ3v) is 3.55. The van der Waals surface area contributed by atoms with Crippen molar-refractivity contribution in [3.63, 3.8) is 0 Å². The topological polar surface area (TPSA) is 106 Å². The maximum atomic E-state index is 13.1. The van der Waals surface area contributed by atoms with Gasteiger partial charge in [0.05, 0.1) is 5.69 Å². The van der Waals surface area contributed by atoms with E-state index in [-0.39, 0.29) is 12.1 Å². The van der Waals surface area contributed by atoms with Gasteiger partial charge in [-0.05, 0) is 24.3 Å². The lowest BCUT2D eigenvalue weighted by atomic mass is 10.1. The van der Waals surface area contributed by atoms with Gasteiger partial charge in [-0.2, -0.15) is 10.2 Å². The molecule has 2 aromatic rings. The van der Waals surface area contributed by atoms with Crippen LogP contribution >= 0.6 is 0 Å². The fourth-order valence-corrected chi connectivity index (χ4v) is 2.37. The Kier molecular flexibility index (Phi) is 3.98. The maximum absolute atomic E-state index is 13.1. The second-order valence-corrected chi connectivity index (χ2v) is 5.32. The van der Waals surface area contributed by atoms with Crippen molar-refractivity contribution in [3.05, 3.63) is 42.3 Å². The number of nitrogens with two attached hydrogens (primary N) is 1. The van der Waals surface area contributed by atoms with E-state index in [1.54, 1.807) is 24.0 Å². The van der Waals surface area contributed by atoms with Gasteiger partial charge in [0, 0.05) is 25.7 Å². The van der Waals surface area contributed by atoms with E-state index in [2.05, 4.69) is 15.5 Å². The van der Waals surface area contributed by atoms with Crippen molar-refractivity contribution < 1.29 is 14.0 Å². The Bertz CT molecular complexity index is 814. The number of primary amides is 1. The summed E-state index contributed by atoms with van der Waals surface area (Å²) >= 11 is 0. The van der Waals surface area contributed by atoms with Crippen LogP contribution in [0.2, 0.25) is 0 Å². The summed E-state index contributed by atoms with van der Waals surface area (Å²) in [5.74, 6) is -1.12. The van der Waals surface area contributed by atoms with E-state index in [0.717, 1.165) is 0 Å². The van der Waals surface area contributed by atoms with Crippen LogP contribution in [0, 0.1) is 5.82 Å². The van der Waals surface area contributed by atoms with Crippen LogP contribution in [0.5, 0.6) is 0 Å². The lowest BCUT2D eigenvalue weighted by Crippen LogP contribution is -2.39. The molecule has 1 aromatic heterocycles. The fraction of sp³-hybridized carbons (Fsp3) is 0.200. The van der Waals surface area contributed by atoms with Crippen molar-refractivity contribution in [3.8, 4) is 0 Å². The standard InChI is InChI=1S/C15H15FN6O2/c1-21-7-6-13(20-21)18-15(24)11-8-12(14(17)23)22(19-11)10-4-2-9(16)3-5-10/h2-7,12H,8H2,1H3,(H2,17,23)(H,18,20,24).